The number of carbonyl (C=O) groups is 2. The average molecular weight is 331 g/mol. The number of nitrogens with one attached hydrogen (secondary N) is 1. The number of Topliss-reactive ketones (excluding diaryl/α,β-unsaturated/α-hetero) is 1. The molecular formula is C18H21NO3S. The van der Waals surface area contributed by atoms with Crippen molar-refractivity contribution >= 4 is 23.5 Å². The van der Waals surface area contributed by atoms with E-state index in [2.05, 4.69) is 5.32 Å². The van der Waals surface area contributed by atoms with Gasteiger partial charge in [0.1, 0.15) is 5.78 Å². The maximum absolute atomic E-state index is 11.9. The van der Waals surface area contributed by atoms with Gasteiger partial charge in [-0.25, -0.2) is 0 Å². The summed E-state index contributed by atoms with van der Waals surface area (Å²) in [7, 11) is 0. The normalized spacial score (nSPS) is 14.8. The van der Waals surface area contributed by atoms with Crippen molar-refractivity contribution < 1.29 is 14.7 Å². The Hall–Kier alpha value is -1.85. The molecule has 0 heterocycles. The van der Waals surface area contributed by atoms with E-state index < -0.39 is 0 Å². The lowest BCUT2D eigenvalue weighted by atomic mass is 10.1. The van der Waals surface area contributed by atoms with E-state index in [0.29, 0.717) is 12.2 Å². The summed E-state index contributed by atoms with van der Waals surface area (Å²) < 4.78 is 0. The molecule has 23 heavy (non-hydrogen) atoms. The fourth-order valence-electron chi connectivity index (χ4n) is 2.31. The number of rotatable bonds is 9. The minimum atomic E-state index is -0.389. The molecule has 0 fully saturated rings. The third-order valence-electron chi connectivity index (χ3n) is 3.57. The first kappa shape index (κ1) is 17.5. The Morgan fingerprint density at radius 1 is 1.17 bits per heavy atom. The van der Waals surface area contributed by atoms with Crippen LogP contribution >= 0.6 is 11.8 Å². The van der Waals surface area contributed by atoms with Crippen LogP contribution in [0.4, 0.5) is 0 Å². The minimum Gasteiger partial charge on any atom is -0.394 e. The Morgan fingerprint density at radius 3 is 2.52 bits per heavy atom. The zero-order chi connectivity index (χ0) is 16.5. The third-order valence-corrected chi connectivity index (χ3v) is 4.52. The van der Waals surface area contributed by atoms with Crippen molar-refractivity contribution in [3.8, 4) is 0 Å². The first-order valence-electron chi connectivity index (χ1n) is 7.61. The van der Waals surface area contributed by atoms with Crippen molar-refractivity contribution in [2.24, 2.45) is 5.92 Å². The van der Waals surface area contributed by atoms with Crippen molar-refractivity contribution in [1.82, 2.24) is 5.32 Å². The maximum atomic E-state index is 11.9. The van der Waals surface area contributed by atoms with Gasteiger partial charge in [-0.1, -0.05) is 54.6 Å². The monoisotopic (exact) mass is 331 g/mol. The molecule has 5 heteroatoms. The van der Waals surface area contributed by atoms with Crippen LogP contribution < -0.4 is 5.32 Å². The molecule has 2 rings (SSSR count). The maximum Gasteiger partial charge on any atom is 0.230 e. The van der Waals surface area contributed by atoms with E-state index in [9.17, 15) is 14.7 Å². The van der Waals surface area contributed by atoms with Crippen LogP contribution in [0.5, 0.6) is 0 Å². The highest BCUT2D eigenvalue weighted by molar-refractivity contribution is 7.99. The van der Waals surface area contributed by atoms with Crippen molar-refractivity contribution in [2.45, 2.75) is 12.5 Å². The molecule has 0 saturated heterocycles. The lowest BCUT2D eigenvalue weighted by Crippen LogP contribution is -2.32. The summed E-state index contributed by atoms with van der Waals surface area (Å²) in [6.45, 7) is -0.140. The van der Waals surface area contributed by atoms with Crippen LogP contribution in [0.15, 0.2) is 54.6 Å². The van der Waals surface area contributed by atoms with Gasteiger partial charge >= 0.3 is 0 Å². The molecule has 2 N–H and O–H groups in total. The lowest BCUT2D eigenvalue weighted by Gasteiger charge is -2.16. The third kappa shape index (κ3) is 5.69. The molecule has 0 bridgehead atoms. The van der Waals surface area contributed by atoms with Gasteiger partial charge < -0.3 is 10.4 Å². The number of aliphatic hydroxyl groups excluding tert-OH is 1. The second kappa shape index (κ2) is 9.33. The molecule has 1 amide bonds. The van der Waals surface area contributed by atoms with Gasteiger partial charge in [0, 0.05) is 12.2 Å². The Balaban J connectivity index is 1.67. The van der Waals surface area contributed by atoms with Crippen LogP contribution in [-0.4, -0.2) is 34.9 Å². The summed E-state index contributed by atoms with van der Waals surface area (Å²) in [5.41, 5.74) is 0.878. The predicted octanol–water partition coefficient (Wildman–Crippen LogP) is 2.27. The molecule has 1 aromatic rings. The van der Waals surface area contributed by atoms with Crippen LogP contribution in [-0.2, 0) is 9.59 Å². The number of hydrogen-bond donors (Lipinski definition) is 2. The van der Waals surface area contributed by atoms with E-state index >= 15 is 0 Å². The van der Waals surface area contributed by atoms with E-state index in [4.69, 9.17) is 0 Å². The number of ketones is 1. The Kier molecular flexibility index (Phi) is 7.10. The van der Waals surface area contributed by atoms with E-state index in [0.717, 1.165) is 5.56 Å². The molecule has 0 spiro atoms. The lowest BCUT2D eigenvalue weighted by molar-refractivity contribution is -0.120. The molecule has 1 atom stereocenters. The van der Waals surface area contributed by atoms with Gasteiger partial charge in [-0.2, -0.15) is 11.8 Å². The van der Waals surface area contributed by atoms with Gasteiger partial charge in [0.25, 0.3) is 0 Å². The topological polar surface area (TPSA) is 66.4 Å². The fourth-order valence-corrected chi connectivity index (χ4v) is 3.07. The molecule has 0 aliphatic heterocycles. The molecule has 1 aromatic carbocycles. The van der Waals surface area contributed by atoms with Crippen molar-refractivity contribution in [3.05, 3.63) is 60.2 Å². The van der Waals surface area contributed by atoms with Gasteiger partial charge in [-0.05, 0) is 5.56 Å². The first-order chi connectivity index (χ1) is 11.2. The Morgan fingerprint density at radius 2 is 1.87 bits per heavy atom. The largest absolute Gasteiger partial charge is 0.394 e. The standard InChI is InChI=1S/C18H21NO3S/c20-12-16(14-6-2-1-3-7-14)19-18(22)13-23-11-10-17(21)15-8-4-5-9-15/h1-9,15-16,20H,10-13H2,(H,19,22)/t16-/m1/s1. The van der Waals surface area contributed by atoms with E-state index in [1.54, 1.807) is 0 Å². The molecule has 4 nitrogen and oxygen atoms in total. The first-order valence-corrected chi connectivity index (χ1v) is 8.77. The number of allylic oxidation sites excluding steroid dienone is 4. The molecular weight excluding hydrogens is 310 g/mol. The smallest absolute Gasteiger partial charge is 0.230 e. The quantitative estimate of drug-likeness (QED) is 0.681. The van der Waals surface area contributed by atoms with Crippen LogP contribution in [0, 0.1) is 5.92 Å². The number of hydrogen-bond acceptors (Lipinski definition) is 4. The molecule has 0 radical (unpaired) electrons. The summed E-state index contributed by atoms with van der Waals surface area (Å²) in [6, 6.07) is 8.99. The van der Waals surface area contributed by atoms with E-state index in [1.807, 2.05) is 54.6 Å². The average Bonchev–Trinajstić information content (AvgIpc) is 3.12. The van der Waals surface area contributed by atoms with Gasteiger partial charge in [0.15, 0.2) is 0 Å². The van der Waals surface area contributed by atoms with Gasteiger partial charge in [-0.3, -0.25) is 9.59 Å². The van der Waals surface area contributed by atoms with Crippen LogP contribution in [0.2, 0.25) is 0 Å². The van der Waals surface area contributed by atoms with Crippen molar-refractivity contribution in [3.63, 3.8) is 0 Å². The second-order valence-corrected chi connectivity index (χ2v) is 6.38. The number of benzene rings is 1. The predicted molar refractivity (Wildman–Crippen MR) is 93.1 cm³/mol. The number of amides is 1. The minimum absolute atomic E-state index is 0.0960. The Labute approximate surface area is 140 Å². The molecule has 1 aliphatic carbocycles. The summed E-state index contributed by atoms with van der Waals surface area (Å²) in [5, 5.41) is 12.2. The highest BCUT2D eigenvalue weighted by atomic mass is 32.2. The van der Waals surface area contributed by atoms with Crippen LogP contribution in [0.25, 0.3) is 0 Å². The number of carbonyl (C=O) groups excluding carboxylic acids is 2. The molecule has 122 valence electrons. The van der Waals surface area contributed by atoms with Crippen LogP contribution in [0.1, 0.15) is 18.0 Å². The van der Waals surface area contributed by atoms with Crippen molar-refractivity contribution in [1.29, 1.82) is 0 Å². The van der Waals surface area contributed by atoms with Crippen LogP contribution in [0.3, 0.4) is 0 Å². The van der Waals surface area contributed by atoms with Crippen molar-refractivity contribution in [2.75, 3.05) is 18.1 Å². The zero-order valence-corrected chi connectivity index (χ0v) is 13.7. The summed E-state index contributed by atoms with van der Waals surface area (Å²) >= 11 is 1.43. The van der Waals surface area contributed by atoms with Gasteiger partial charge in [-0.15, -0.1) is 0 Å². The SMILES string of the molecule is O=C(CSCCC(=O)C1C=CC=C1)N[C@H](CO)c1ccccc1. The molecule has 1 aliphatic rings. The number of thioether (sulfide) groups is 1. The summed E-state index contributed by atoms with van der Waals surface area (Å²) in [6.07, 6.45) is 7.97. The van der Waals surface area contributed by atoms with E-state index in [-0.39, 0.29) is 36.0 Å². The Bertz CT molecular complexity index is 571. The zero-order valence-electron chi connectivity index (χ0n) is 12.9. The summed E-state index contributed by atoms with van der Waals surface area (Å²) in [5.74, 6) is 0.861. The molecule has 0 saturated carbocycles. The summed E-state index contributed by atoms with van der Waals surface area (Å²) in [4.78, 5) is 23.8. The highest BCUT2D eigenvalue weighted by Crippen LogP contribution is 2.15. The van der Waals surface area contributed by atoms with Gasteiger partial charge in [0.2, 0.25) is 5.91 Å². The highest BCUT2D eigenvalue weighted by Gasteiger charge is 2.15. The molecule has 0 aromatic heterocycles. The van der Waals surface area contributed by atoms with Gasteiger partial charge in [0.05, 0.1) is 24.3 Å². The second-order valence-electron chi connectivity index (χ2n) is 5.28. The number of aliphatic hydroxyl groups is 1. The van der Waals surface area contributed by atoms with E-state index in [1.165, 1.54) is 11.8 Å². The molecule has 0 unspecified atom stereocenters. The fraction of sp³-hybridized carbons (Fsp3) is 0.333.